The largest absolute Gasteiger partial charge is 0.312 e. The molecule has 0 spiro atoms. The minimum atomic E-state index is -0.604. The Bertz CT molecular complexity index is 900. The van der Waals surface area contributed by atoms with E-state index < -0.39 is 4.87 Å². The standard InChI is InChI=1S/C24H23NOS/c1-23(2)24(27,20-16-10-5-11-17-20)25(23)22(26)21(18-12-6-3-7-13-18)19-14-8-4-9-15-19/h3-17,21,27H,1-2H3. The van der Waals surface area contributed by atoms with Crippen LogP contribution in [0.4, 0.5) is 0 Å². The SMILES string of the molecule is CC1(C)N(C(=O)C(c2ccccc2)c2ccccc2)C1(S)c1ccccc1. The second-order valence-corrected chi connectivity index (χ2v) is 8.17. The molecule has 1 heterocycles. The molecular weight excluding hydrogens is 350 g/mol. The average Bonchev–Trinajstić information content (AvgIpc) is 3.17. The van der Waals surface area contributed by atoms with Gasteiger partial charge in [-0.25, -0.2) is 0 Å². The number of rotatable bonds is 4. The summed E-state index contributed by atoms with van der Waals surface area (Å²) in [5.74, 6) is -0.263. The summed E-state index contributed by atoms with van der Waals surface area (Å²) >= 11 is 4.99. The molecule has 3 aromatic carbocycles. The summed E-state index contributed by atoms with van der Waals surface area (Å²) in [5, 5.41) is 0. The van der Waals surface area contributed by atoms with Crippen molar-refractivity contribution in [2.45, 2.75) is 30.2 Å². The molecule has 0 radical (unpaired) electrons. The minimum Gasteiger partial charge on any atom is -0.312 e. The van der Waals surface area contributed by atoms with E-state index in [-0.39, 0.29) is 17.4 Å². The zero-order valence-corrected chi connectivity index (χ0v) is 16.4. The van der Waals surface area contributed by atoms with Gasteiger partial charge in [-0.1, -0.05) is 91.0 Å². The van der Waals surface area contributed by atoms with E-state index in [4.69, 9.17) is 12.6 Å². The van der Waals surface area contributed by atoms with Gasteiger partial charge in [0.2, 0.25) is 5.91 Å². The van der Waals surface area contributed by atoms with Crippen molar-refractivity contribution in [3.05, 3.63) is 108 Å². The van der Waals surface area contributed by atoms with Crippen molar-refractivity contribution in [1.82, 2.24) is 4.90 Å². The van der Waals surface area contributed by atoms with Crippen LogP contribution in [0.25, 0.3) is 0 Å². The van der Waals surface area contributed by atoms with Crippen molar-refractivity contribution in [2.24, 2.45) is 0 Å². The molecule has 1 atom stereocenters. The first-order valence-corrected chi connectivity index (χ1v) is 9.64. The number of amides is 1. The Balaban J connectivity index is 1.77. The Morgan fingerprint density at radius 3 is 1.63 bits per heavy atom. The number of carbonyl (C=O) groups excluding carboxylic acids is 1. The minimum absolute atomic E-state index is 0.0799. The van der Waals surface area contributed by atoms with Gasteiger partial charge in [0.05, 0.1) is 11.5 Å². The molecule has 3 heteroatoms. The number of hydrogen-bond donors (Lipinski definition) is 1. The number of benzene rings is 3. The fraction of sp³-hybridized carbons (Fsp3) is 0.208. The lowest BCUT2D eigenvalue weighted by Gasteiger charge is -2.20. The van der Waals surface area contributed by atoms with Crippen LogP contribution >= 0.6 is 12.6 Å². The molecule has 0 saturated carbocycles. The number of carbonyl (C=O) groups is 1. The maximum Gasteiger partial charge on any atom is 0.236 e. The van der Waals surface area contributed by atoms with Gasteiger partial charge < -0.3 is 4.90 Å². The first-order chi connectivity index (χ1) is 13.0. The summed E-state index contributed by atoms with van der Waals surface area (Å²) in [6.07, 6.45) is 0. The van der Waals surface area contributed by atoms with Gasteiger partial charge in [-0.2, -0.15) is 0 Å². The molecule has 27 heavy (non-hydrogen) atoms. The molecule has 4 rings (SSSR count). The lowest BCUT2D eigenvalue weighted by Crippen LogP contribution is -2.26. The zero-order chi connectivity index (χ0) is 19.1. The highest BCUT2D eigenvalue weighted by molar-refractivity contribution is 7.81. The second-order valence-electron chi connectivity index (χ2n) is 7.53. The topological polar surface area (TPSA) is 20.1 Å². The molecule has 0 aliphatic carbocycles. The average molecular weight is 374 g/mol. The quantitative estimate of drug-likeness (QED) is 0.491. The predicted octanol–water partition coefficient (Wildman–Crippen LogP) is 5.22. The van der Waals surface area contributed by atoms with Crippen LogP contribution in [0.3, 0.4) is 0 Å². The molecule has 2 nitrogen and oxygen atoms in total. The third kappa shape index (κ3) is 2.78. The molecule has 0 aromatic heterocycles. The molecule has 0 bridgehead atoms. The third-order valence-electron chi connectivity index (χ3n) is 5.60. The van der Waals surface area contributed by atoms with Crippen molar-refractivity contribution in [2.75, 3.05) is 0 Å². The van der Waals surface area contributed by atoms with Gasteiger partial charge in [-0.05, 0) is 30.5 Å². The Kier molecular flexibility index (Phi) is 4.35. The van der Waals surface area contributed by atoms with Crippen LogP contribution in [0.15, 0.2) is 91.0 Å². The van der Waals surface area contributed by atoms with Gasteiger partial charge in [-0.15, -0.1) is 12.6 Å². The Morgan fingerprint density at radius 2 is 1.19 bits per heavy atom. The highest BCUT2D eigenvalue weighted by atomic mass is 32.1. The summed E-state index contributed by atoms with van der Waals surface area (Å²) in [4.78, 5) is 15.1. The van der Waals surface area contributed by atoms with Gasteiger partial charge in [0.25, 0.3) is 0 Å². The molecule has 0 N–H and O–H groups in total. The van der Waals surface area contributed by atoms with Crippen LogP contribution in [-0.4, -0.2) is 16.3 Å². The highest BCUT2D eigenvalue weighted by Gasteiger charge is 2.71. The van der Waals surface area contributed by atoms with E-state index in [0.717, 1.165) is 16.7 Å². The summed E-state index contributed by atoms with van der Waals surface area (Å²) in [5.41, 5.74) is 2.68. The molecular formula is C24H23NOS. The molecule has 3 aromatic rings. The van der Waals surface area contributed by atoms with E-state index in [2.05, 4.69) is 13.8 Å². The lowest BCUT2D eigenvalue weighted by molar-refractivity contribution is -0.128. The van der Waals surface area contributed by atoms with E-state index in [1.165, 1.54) is 0 Å². The Morgan fingerprint density at radius 1 is 0.778 bits per heavy atom. The summed E-state index contributed by atoms with van der Waals surface area (Å²) < 4.78 is 0. The smallest absolute Gasteiger partial charge is 0.236 e. The molecule has 1 aliphatic heterocycles. The maximum absolute atomic E-state index is 13.8. The van der Waals surface area contributed by atoms with Gasteiger partial charge >= 0.3 is 0 Å². The normalized spacial score (nSPS) is 20.5. The van der Waals surface area contributed by atoms with Crippen LogP contribution < -0.4 is 0 Å². The van der Waals surface area contributed by atoms with Crippen molar-refractivity contribution in [1.29, 1.82) is 0 Å². The van der Waals surface area contributed by atoms with E-state index >= 15 is 0 Å². The molecule has 136 valence electrons. The van der Waals surface area contributed by atoms with Crippen LogP contribution in [-0.2, 0) is 9.67 Å². The first-order valence-electron chi connectivity index (χ1n) is 9.20. The van der Waals surface area contributed by atoms with Gasteiger partial charge in [0.15, 0.2) is 0 Å². The van der Waals surface area contributed by atoms with Gasteiger partial charge in [0.1, 0.15) is 4.87 Å². The number of thiol groups is 1. The maximum atomic E-state index is 13.8. The molecule has 1 fully saturated rings. The monoisotopic (exact) mass is 373 g/mol. The lowest BCUT2D eigenvalue weighted by atomic mass is 9.90. The van der Waals surface area contributed by atoms with E-state index in [9.17, 15) is 4.79 Å². The van der Waals surface area contributed by atoms with E-state index in [1.807, 2.05) is 95.9 Å². The Hall–Kier alpha value is -2.52. The third-order valence-corrected chi connectivity index (χ3v) is 6.60. The Labute approximate surface area is 166 Å². The molecule has 1 amide bonds. The van der Waals surface area contributed by atoms with E-state index in [1.54, 1.807) is 0 Å². The summed E-state index contributed by atoms with van der Waals surface area (Å²) in [6.45, 7) is 4.16. The van der Waals surface area contributed by atoms with Crippen LogP contribution in [0.1, 0.15) is 36.5 Å². The number of nitrogens with zero attached hydrogens (tertiary/aromatic N) is 1. The summed E-state index contributed by atoms with van der Waals surface area (Å²) in [6, 6.07) is 30.0. The van der Waals surface area contributed by atoms with Crippen molar-refractivity contribution in [3.8, 4) is 0 Å². The second kappa shape index (κ2) is 6.58. The van der Waals surface area contributed by atoms with Crippen LogP contribution in [0.5, 0.6) is 0 Å². The predicted molar refractivity (Wildman–Crippen MR) is 113 cm³/mol. The van der Waals surface area contributed by atoms with Crippen molar-refractivity contribution < 1.29 is 4.79 Å². The van der Waals surface area contributed by atoms with Crippen LogP contribution in [0.2, 0.25) is 0 Å². The first kappa shape index (κ1) is 17.9. The zero-order valence-electron chi connectivity index (χ0n) is 15.5. The van der Waals surface area contributed by atoms with E-state index in [0.29, 0.717) is 0 Å². The van der Waals surface area contributed by atoms with Crippen molar-refractivity contribution >= 4 is 18.5 Å². The fourth-order valence-electron chi connectivity index (χ4n) is 4.05. The summed E-state index contributed by atoms with van der Waals surface area (Å²) in [7, 11) is 0. The van der Waals surface area contributed by atoms with Crippen LogP contribution in [0, 0.1) is 0 Å². The van der Waals surface area contributed by atoms with Gasteiger partial charge in [-0.3, -0.25) is 4.79 Å². The van der Waals surface area contributed by atoms with Gasteiger partial charge in [0, 0.05) is 0 Å². The number of hydrogen-bond acceptors (Lipinski definition) is 2. The highest BCUT2D eigenvalue weighted by Crippen LogP contribution is 2.62. The molecule has 1 unspecified atom stereocenters. The van der Waals surface area contributed by atoms with Crippen molar-refractivity contribution in [3.63, 3.8) is 0 Å². The fourth-order valence-corrected chi connectivity index (χ4v) is 4.60. The molecule has 1 saturated heterocycles. The molecule has 1 aliphatic rings.